The van der Waals surface area contributed by atoms with Gasteiger partial charge in [-0.25, -0.2) is 9.97 Å². The fraction of sp³-hybridized carbons (Fsp3) is 0.182. The molecule has 2 heterocycles. The molecule has 0 aliphatic carbocycles. The van der Waals surface area contributed by atoms with Gasteiger partial charge in [-0.2, -0.15) is 10.2 Å². The lowest BCUT2D eigenvalue weighted by Gasteiger charge is -2.10. The van der Waals surface area contributed by atoms with Gasteiger partial charge in [-0.3, -0.25) is 0 Å². The number of benzene rings is 2. The molecule has 0 spiro atoms. The largest absolute Gasteiger partial charge is 0.496 e. The summed E-state index contributed by atoms with van der Waals surface area (Å²) in [6.45, 7) is 0.978. The Hall–Kier alpha value is -4.34. The monoisotopic (exact) mass is 430 g/mol. The molecule has 10 nitrogen and oxygen atoms in total. The molecule has 0 saturated carbocycles. The molecule has 32 heavy (non-hydrogen) atoms. The molecule has 4 aromatic rings. The zero-order valence-electron chi connectivity index (χ0n) is 17.7. The molecule has 0 unspecified atom stereocenters. The minimum absolute atomic E-state index is 0.371. The average Bonchev–Trinajstić information content (AvgIpc) is 2.87. The summed E-state index contributed by atoms with van der Waals surface area (Å²) < 4.78 is 10.7. The van der Waals surface area contributed by atoms with Gasteiger partial charge in [-0.15, -0.1) is 10.2 Å². The first-order chi connectivity index (χ1) is 15.8. The van der Waals surface area contributed by atoms with Crippen molar-refractivity contribution in [3.63, 3.8) is 0 Å². The maximum Gasteiger partial charge on any atom is 0.243 e. The molecule has 162 valence electrons. The molecule has 0 radical (unpaired) electrons. The number of methoxy groups -OCH3 is 2. The maximum atomic E-state index is 5.37. The van der Waals surface area contributed by atoms with Crippen molar-refractivity contribution in [2.45, 2.75) is 13.1 Å². The molecule has 4 rings (SSSR count). The number of nitrogens with zero attached hydrogens (tertiary/aromatic N) is 6. The van der Waals surface area contributed by atoms with Crippen molar-refractivity contribution in [1.82, 2.24) is 30.4 Å². The van der Waals surface area contributed by atoms with E-state index in [9.17, 15) is 0 Å². The van der Waals surface area contributed by atoms with E-state index >= 15 is 0 Å². The summed E-state index contributed by atoms with van der Waals surface area (Å²) in [7, 11) is 3.28. The van der Waals surface area contributed by atoms with Crippen LogP contribution in [-0.2, 0) is 13.1 Å². The van der Waals surface area contributed by atoms with Crippen molar-refractivity contribution in [3.8, 4) is 22.9 Å². The predicted octanol–water partition coefficient (Wildman–Crippen LogP) is 2.97. The van der Waals surface area contributed by atoms with Gasteiger partial charge in [0.1, 0.15) is 22.9 Å². The Bertz CT molecular complexity index is 1090. The van der Waals surface area contributed by atoms with Crippen LogP contribution in [0.2, 0.25) is 0 Å². The fourth-order valence-electron chi connectivity index (χ4n) is 3.05. The summed E-state index contributed by atoms with van der Waals surface area (Å²) in [5.74, 6) is 2.32. The number of anilines is 2. The van der Waals surface area contributed by atoms with E-state index in [1.165, 1.54) is 12.4 Å². The van der Waals surface area contributed by atoms with Crippen molar-refractivity contribution in [1.29, 1.82) is 0 Å². The zero-order valence-corrected chi connectivity index (χ0v) is 17.7. The van der Waals surface area contributed by atoms with E-state index in [4.69, 9.17) is 9.47 Å². The Kier molecular flexibility index (Phi) is 6.61. The average molecular weight is 430 g/mol. The Balaban J connectivity index is 1.46. The van der Waals surface area contributed by atoms with E-state index in [0.717, 1.165) is 22.6 Å². The van der Waals surface area contributed by atoms with Crippen LogP contribution in [0.1, 0.15) is 11.1 Å². The summed E-state index contributed by atoms with van der Waals surface area (Å²) in [4.78, 5) is 8.99. The summed E-state index contributed by atoms with van der Waals surface area (Å²) in [6, 6.07) is 15.5. The number of ether oxygens (including phenoxy) is 2. The lowest BCUT2D eigenvalue weighted by Crippen LogP contribution is -2.08. The Morgan fingerprint density at radius 3 is 1.53 bits per heavy atom. The first-order valence-corrected chi connectivity index (χ1v) is 9.88. The van der Waals surface area contributed by atoms with Gasteiger partial charge in [0.05, 0.1) is 26.6 Å². The first-order valence-electron chi connectivity index (χ1n) is 9.88. The summed E-state index contributed by atoms with van der Waals surface area (Å²) in [5, 5.41) is 22.5. The van der Waals surface area contributed by atoms with Crippen molar-refractivity contribution in [2.24, 2.45) is 0 Å². The highest BCUT2D eigenvalue weighted by Crippen LogP contribution is 2.20. The third kappa shape index (κ3) is 5.04. The summed E-state index contributed by atoms with van der Waals surface area (Å²) in [6.07, 6.45) is 3.06. The fourth-order valence-corrected chi connectivity index (χ4v) is 3.05. The highest BCUT2D eigenvalue weighted by atomic mass is 16.5. The second-order valence-electron chi connectivity index (χ2n) is 6.66. The molecular formula is C22H22N8O2. The zero-order chi connectivity index (χ0) is 22.2. The highest BCUT2D eigenvalue weighted by molar-refractivity contribution is 5.54. The summed E-state index contributed by atoms with van der Waals surface area (Å²) >= 11 is 0. The van der Waals surface area contributed by atoms with Crippen LogP contribution >= 0.6 is 0 Å². The Morgan fingerprint density at radius 2 is 1.09 bits per heavy atom. The van der Waals surface area contributed by atoms with Gasteiger partial charge in [0, 0.05) is 24.2 Å². The van der Waals surface area contributed by atoms with E-state index in [0.29, 0.717) is 36.4 Å². The number of hydrogen-bond donors (Lipinski definition) is 2. The third-order valence-electron chi connectivity index (χ3n) is 4.64. The number of para-hydroxylation sites is 2. The van der Waals surface area contributed by atoms with Crippen LogP contribution in [0, 0.1) is 0 Å². The smallest absolute Gasteiger partial charge is 0.243 e. The molecule has 0 bridgehead atoms. The van der Waals surface area contributed by atoms with Crippen molar-refractivity contribution < 1.29 is 9.47 Å². The molecule has 2 N–H and O–H groups in total. The van der Waals surface area contributed by atoms with Crippen LogP contribution in [-0.4, -0.2) is 44.6 Å². The van der Waals surface area contributed by atoms with Gasteiger partial charge in [-0.1, -0.05) is 36.4 Å². The van der Waals surface area contributed by atoms with Crippen molar-refractivity contribution in [3.05, 3.63) is 72.1 Å². The number of rotatable bonds is 9. The van der Waals surface area contributed by atoms with Crippen LogP contribution in [0.15, 0.2) is 60.9 Å². The Morgan fingerprint density at radius 1 is 0.656 bits per heavy atom. The second-order valence-corrected chi connectivity index (χ2v) is 6.66. The van der Waals surface area contributed by atoms with E-state index in [1.54, 1.807) is 14.2 Å². The highest BCUT2D eigenvalue weighted by Gasteiger charge is 2.09. The van der Waals surface area contributed by atoms with Gasteiger partial charge in [-0.05, 0) is 12.1 Å². The van der Waals surface area contributed by atoms with Crippen LogP contribution < -0.4 is 20.1 Å². The topological polar surface area (TPSA) is 120 Å². The lowest BCUT2D eigenvalue weighted by molar-refractivity contribution is 0.410. The molecule has 0 saturated heterocycles. The van der Waals surface area contributed by atoms with Crippen LogP contribution in [0.5, 0.6) is 11.5 Å². The predicted molar refractivity (Wildman–Crippen MR) is 119 cm³/mol. The quantitative estimate of drug-likeness (QED) is 0.410. The molecular weight excluding hydrogens is 408 g/mol. The molecule has 0 atom stereocenters. The minimum Gasteiger partial charge on any atom is -0.496 e. The summed E-state index contributed by atoms with van der Waals surface area (Å²) in [5.41, 5.74) is 3.02. The van der Waals surface area contributed by atoms with E-state index in [2.05, 4.69) is 41.0 Å². The maximum absolute atomic E-state index is 5.37. The molecule has 0 aliphatic rings. The standard InChI is InChI=1S/C22H22N8O2/c1-31-19-9-5-3-7-15(19)11-23-21-27-17(13-25-29-21)18-14-26-30-22(28-18)24-12-16-8-4-6-10-20(16)32-2/h3-10,13-14H,11-12H2,1-2H3,(H,23,27,29)(H,24,28,30). The van der Waals surface area contributed by atoms with Gasteiger partial charge in [0.25, 0.3) is 0 Å². The van der Waals surface area contributed by atoms with Crippen LogP contribution in [0.25, 0.3) is 11.4 Å². The molecule has 2 aromatic heterocycles. The van der Waals surface area contributed by atoms with E-state index in [1.807, 2.05) is 48.5 Å². The normalized spacial score (nSPS) is 10.4. The van der Waals surface area contributed by atoms with Gasteiger partial charge in [0.15, 0.2) is 0 Å². The van der Waals surface area contributed by atoms with Crippen molar-refractivity contribution in [2.75, 3.05) is 24.9 Å². The van der Waals surface area contributed by atoms with Crippen molar-refractivity contribution >= 4 is 11.9 Å². The molecule has 0 fully saturated rings. The number of hydrogen-bond acceptors (Lipinski definition) is 10. The SMILES string of the molecule is COc1ccccc1CNc1nncc(-c2cnnc(NCc3ccccc3OC)n2)n1. The second kappa shape index (κ2) is 10.1. The minimum atomic E-state index is 0.371. The van der Waals surface area contributed by atoms with E-state index < -0.39 is 0 Å². The van der Waals surface area contributed by atoms with Crippen LogP contribution in [0.3, 0.4) is 0 Å². The first kappa shape index (κ1) is 20.9. The van der Waals surface area contributed by atoms with Gasteiger partial charge < -0.3 is 20.1 Å². The number of nitrogens with one attached hydrogen (secondary N) is 2. The molecule has 0 amide bonds. The lowest BCUT2D eigenvalue weighted by atomic mass is 10.2. The van der Waals surface area contributed by atoms with Gasteiger partial charge in [0.2, 0.25) is 11.9 Å². The van der Waals surface area contributed by atoms with E-state index in [-0.39, 0.29) is 0 Å². The number of aromatic nitrogens is 6. The molecule has 2 aromatic carbocycles. The van der Waals surface area contributed by atoms with Crippen LogP contribution in [0.4, 0.5) is 11.9 Å². The molecule has 0 aliphatic heterocycles. The molecule has 10 heteroatoms. The Labute approximate surface area is 185 Å². The van der Waals surface area contributed by atoms with Gasteiger partial charge >= 0.3 is 0 Å². The third-order valence-corrected chi connectivity index (χ3v) is 4.64.